The Kier molecular flexibility index (Phi) is 7.67. The first kappa shape index (κ1) is 25.7. The minimum atomic E-state index is -4.23. The topological polar surface area (TPSA) is 86.8 Å². The quantitative estimate of drug-likeness (QED) is 0.640. The summed E-state index contributed by atoms with van der Waals surface area (Å²) in [5, 5.41) is 5.43. The number of pyridine rings is 1. The van der Waals surface area contributed by atoms with Crippen LogP contribution >= 0.6 is 0 Å². The van der Waals surface area contributed by atoms with Gasteiger partial charge in [-0.1, -0.05) is 6.07 Å². The van der Waals surface area contributed by atoms with Gasteiger partial charge in [0.25, 0.3) is 5.91 Å². The number of ether oxygens (including phenoxy) is 1. The van der Waals surface area contributed by atoms with Crippen LogP contribution in [0, 0.1) is 12.8 Å². The number of carbonyl (C=O) groups is 2. The lowest BCUT2D eigenvalue weighted by atomic mass is 9.99. The maximum atomic E-state index is 12.8. The van der Waals surface area contributed by atoms with Crippen LogP contribution in [0.3, 0.4) is 0 Å². The largest absolute Gasteiger partial charge is 0.389 e. The summed E-state index contributed by atoms with van der Waals surface area (Å²) in [5.74, 6) is -0.227. The lowest BCUT2D eigenvalue weighted by Gasteiger charge is -2.28. The number of alkyl halides is 3. The second kappa shape index (κ2) is 10.7. The molecule has 0 spiro atoms. The van der Waals surface area contributed by atoms with Gasteiger partial charge in [-0.2, -0.15) is 13.2 Å². The average Bonchev–Trinajstić information content (AvgIpc) is 3.32. The Morgan fingerprint density at radius 2 is 1.89 bits per heavy atom. The molecule has 0 bridgehead atoms. The summed E-state index contributed by atoms with van der Waals surface area (Å²) in [6, 6.07) is 8.61. The third-order valence-electron chi connectivity index (χ3n) is 6.50. The second-order valence-corrected chi connectivity index (χ2v) is 9.16. The van der Waals surface area contributed by atoms with Crippen LogP contribution in [0.15, 0.2) is 30.3 Å². The normalized spacial score (nSPS) is 18.3. The molecule has 3 amide bonds. The minimum Gasteiger partial charge on any atom is -0.378 e. The maximum Gasteiger partial charge on any atom is 0.389 e. The van der Waals surface area contributed by atoms with Gasteiger partial charge in [0.05, 0.1) is 13.2 Å². The molecule has 36 heavy (non-hydrogen) atoms. The summed E-state index contributed by atoms with van der Waals surface area (Å²) >= 11 is 0. The fourth-order valence-electron chi connectivity index (χ4n) is 4.59. The summed E-state index contributed by atoms with van der Waals surface area (Å²) in [4.78, 5) is 33.2. The molecule has 11 heteroatoms. The Bertz CT molecular complexity index is 1120. The van der Waals surface area contributed by atoms with E-state index in [2.05, 4.69) is 20.5 Å². The third kappa shape index (κ3) is 6.26. The number of rotatable bonds is 5. The molecular formula is C25H30F3N5O3. The van der Waals surface area contributed by atoms with Gasteiger partial charge in [0.15, 0.2) is 0 Å². The van der Waals surface area contributed by atoms with Crippen molar-refractivity contribution in [2.24, 2.45) is 5.92 Å². The molecule has 8 nitrogen and oxygen atoms in total. The van der Waals surface area contributed by atoms with Gasteiger partial charge in [0.1, 0.15) is 11.5 Å². The van der Waals surface area contributed by atoms with E-state index in [1.165, 1.54) is 4.90 Å². The molecule has 0 saturated carbocycles. The van der Waals surface area contributed by atoms with Gasteiger partial charge >= 0.3 is 12.2 Å². The molecule has 4 rings (SSSR count). The lowest BCUT2D eigenvalue weighted by Crippen LogP contribution is -2.37. The number of halogens is 3. The summed E-state index contributed by atoms with van der Waals surface area (Å²) < 4.78 is 43.6. The number of anilines is 2. The van der Waals surface area contributed by atoms with Crippen LogP contribution in [0.2, 0.25) is 0 Å². The highest BCUT2D eigenvalue weighted by atomic mass is 19.4. The molecule has 1 atom stereocenters. The molecular weight excluding hydrogens is 475 g/mol. The number of nitrogens with one attached hydrogen (secondary N) is 2. The summed E-state index contributed by atoms with van der Waals surface area (Å²) in [6.07, 6.45) is -4.79. The summed E-state index contributed by atoms with van der Waals surface area (Å²) in [6.45, 7) is 4.75. The summed E-state index contributed by atoms with van der Waals surface area (Å²) in [7, 11) is 1.55. The molecule has 1 aromatic carbocycles. The zero-order valence-electron chi connectivity index (χ0n) is 20.3. The predicted molar refractivity (Wildman–Crippen MR) is 130 cm³/mol. The van der Waals surface area contributed by atoms with Gasteiger partial charge in [0.2, 0.25) is 0 Å². The molecule has 0 aliphatic carbocycles. The molecule has 2 fully saturated rings. The van der Waals surface area contributed by atoms with Gasteiger partial charge in [-0.3, -0.25) is 4.79 Å². The number of morpholine rings is 1. The zero-order chi connectivity index (χ0) is 25.9. The first-order chi connectivity index (χ1) is 17.1. The SMILES string of the molecule is CNC(=O)c1cc(-c2cc(NC(=O)N3CC[C@@H](CC(F)(F)F)C3)ccc2C)cc(N2CCOCC2)n1. The molecule has 2 N–H and O–H groups in total. The van der Waals surface area contributed by atoms with Crippen molar-refractivity contribution in [1.82, 2.24) is 15.2 Å². The number of nitrogens with zero attached hydrogens (tertiary/aromatic N) is 3. The van der Waals surface area contributed by atoms with Gasteiger partial charge < -0.3 is 25.2 Å². The molecule has 3 heterocycles. The van der Waals surface area contributed by atoms with Gasteiger partial charge in [-0.25, -0.2) is 9.78 Å². The zero-order valence-corrected chi connectivity index (χ0v) is 20.3. The van der Waals surface area contributed by atoms with E-state index in [4.69, 9.17) is 4.74 Å². The smallest absolute Gasteiger partial charge is 0.378 e. The number of aromatic nitrogens is 1. The van der Waals surface area contributed by atoms with E-state index < -0.39 is 24.5 Å². The highest BCUT2D eigenvalue weighted by Gasteiger charge is 2.36. The lowest BCUT2D eigenvalue weighted by molar-refractivity contribution is -0.143. The van der Waals surface area contributed by atoms with Crippen LogP contribution in [0.5, 0.6) is 0 Å². The molecule has 0 unspecified atom stereocenters. The molecule has 2 aliphatic rings. The Labute approximate surface area is 207 Å². The predicted octanol–water partition coefficient (Wildman–Crippen LogP) is 4.06. The van der Waals surface area contributed by atoms with Crippen molar-refractivity contribution in [1.29, 1.82) is 0 Å². The Morgan fingerprint density at radius 1 is 1.14 bits per heavy atom. The van der Waals surface area contributed by atoms with Gasteiger partial charge in [0, 0.05) is 45.3 Å². The van der Waals surface area contributed by atoms with E-state index >= 15 is 0 Å². The van der Waals surface area contributed by atoms with Crippen molar-refractivity contribution in [2.45, 2.75) is 25.9 Å². The van der Waals surface area contributed by atoms with E-state index in [1.807, 2.05) is 25.1 Å². The highest BCUT2D eigenvalue weighted by molar-refractivity contribution is 5.95. The number of amides is 3. The number of hydrogen-bond acceptors (Lipinski definition) is 5. The fraction of sp³-hybridized carbons (Fsp3) is 0.480. The van der Waals surface area contributed by atoms with Gasteiger partial charge in [-0.05, 0) is 60.2 Å². The van der Waals surface area contributed by atoms with Crippen LogP contribution in [0.25, 0.3) is 11.1 Å². The third-order valence-corrected chi connectivity index (χ3v) is 6.50. The Balaban J connectivity index is 1.56. The van der Waals surface area contributed by atoms with E-state index in [-0.39, 0.29) is 24.7 Å². The number of likely N-dealkylation sites (tertiary alicyclic amines) is 1. The number of aryl methyl sites for hydroxylation is 1. The second-order valence-electron chi connectivity index (χ2n) is 9.16. The number of urea groups is 1. The minimum absolute atomic E-state index is 0.0762. The van der Waals surface area contributed by atoms with Crippen molar-refractivity contribution in [3.8, 4) is 11.1 Å². The fourth-order valence-corrected chi connectivity index (χ4v) is 4.59. The Hall–Kier alpha value is -3.34. The Morgan fingerprint density at radius 3 is 2.58 bits per heavy atom. The molecule has 0 radical (unpaired) electrons. The van der Waals surface area contributed by atoms with Crippen LogP contribution in [-0.2, 0) is 4.74 Å². The molecule has 2 aliphatic heterocycles. The van der Waals surface area contributed by atoms with Crippen molar-refractivity contribution in [2.75, 3.05) is 56.7 Å². The van der Waals surface area contributed by atoms with Crippen LogP contribution in [0.1, 0.15) is 28.9 Å². The first-order valence-corrected chi connectivity index (χ1v) is 11.9. The van der Waals surface area contributed by atoms with Crippen molar-refractivity contribution in [3.63, 3.8) is 0 Å². The average molecular weight is 506 g/mol. The maximum absolute atomic E-state index is 12.8. The standard InChI is InChI=1S/C25H30F3N5O3/c1-16-3-4-19(30-24(35)33-6-5-17(15-33)14-25(26,27)28)13-20(16)18-11-21(23(34)29-2)31-22(12-18)32-7-9-36-10-8-32/h3-4,11-13,17H,5-10,14-15H2,1-2H3,(H,29,34)(H,30,35)/t17-/m0/s1. The molecule has 194 valence electrons. The molecule has 2 aromatic rings. The van der Waals surface area contributed by atoms with E-state index in [1.54, 1.807) is 19.2 Å². The molecule has 1 aromatic heterocycles. The van der Waals surface area contributed by atoms with Crippen LogP contribution in [-0.4, -0.2) is 74.4 Å². The van der Waals surface area contributed by atoms with Crippen LogP contribution in [0.4, 0.5) is 29.5 Å². The van der Waals surface area contributed by atoms with Crippen molar-refractivity contribution < 1.29 is 27.5 Å². The number of benzene rings is 1. The van der Waals surface area contributed by atoms with E-state index in [0.717, 1.165) is 16.7 Å². The van der Waals surface area contributed by atoms with Gasteiger partial charge in [-0.15, -0.1) is 0 Å². The van der Waals surface area contributed by atoms with E-state index in [0.29, 0.717) is 44.2 Å². The highest BCUT2D eigenvalue weighted by Crippen LogP contribution is 2.32. The van der Waals surface area contributed by atoms with E-state index in [9.17, 15) is 22.8 Å². The number of carbonyl (C=O) groups excluding carboxylic acids is 2. The number of hydrogen-bond donors (Lipinski definition) is 2. The van der Waals surface area contributed by atoms with Crippen molar-refractivity contribution in [3.05, 3.63) is 41.6 Å². The summed E-state index contributed by atoms with van der Waals surface area (Å²) in [5.41, 5.74) is 3.31. The monoisotopic (exact) mass is 505 g/mol. The van der Waals surface area contributed by atoms with Crippen molar-refractivity contribution >= 4 is 23.4 Å². The molecule has 2 saturated heterocycles. The first-order valence-electron chi connectivity index (χ1n) is 11.9. The van der Waals surface area contributed by atoms with Crippen LogP contribution < -0.4 is 15.5 Å².